The lowest BCUT2D eigenvalue weighted by Crippen LogP contribution is -2.58. The Hall–Kier alpha value is -2.04. The predicted octanol–water partition coefficient (Wildman–Crippen LogP) is -1.25. The van der Waals surface area contributed by atoms with Crippen molar-refractivity contribution in [1.82, 2.24) is 5.32 Å². The molecule has 2 fully saturated rings. The van der Waals surface area contributed by atoms with E-state index in [0.29, 0.717) is 0 Å². The fourth-order valence-corrected chi connectivity index (χ4v) is 3.82. The molecule has 5 unspecified atom stereocenters. The zero-order valence-corrected chi connectivity index (χ0v) is 14.8. The average molecular weight is 383 g/mol. The van der Waals surface area contributed by atoms with Gasteiger partial charge in [0.05, 0.1) is 17.7 Å². The Morgan fingerprint density at radius 3 is 2.00 bits per heavy atom. The normalized spacial score (nSPS) is 32.1. The van der Waals surface area contributed by atoms with Crippen LogP contribution < -0.4 is 5.32 Å². The van der Waals surface area contributed by atoms with Crippen LogP contribution in [0.4, 0.5) is 0 Å². The van der Waals surface area contributed by atoms with Crippen molar-refractivity contribution in [1.29, 1.82) is 0 Å². The highest BCUT2D eigenvalue weighted by molar-refractivity contribution is 5.83. The van der Waals surface area contributed by atoms with E-state index < -0.39 is 36.4 Å². The number of carbonyl (C=O) groups is 2. The predicted molar refractivity (Wildman–Crippen MR) is 93.0 cm³/mol. The molecule has 150 valence electrons. The molecule has 7 atom stereocenters. The van der Waals surface area contributed by atoms with E-state index in [9.17, 15) is 19.8 Å². The number of carboxylic acid groups (broad SMARTS) is 2. The lowest BCUT2D eigenvalue weighted by atomic mass is 9.78. The molecule has 1 saturated carbocycles. The van der Waals surface area contributed by atoms with Crippen molar-refractivity contribution in [2.45, 2.75) is 49.2 Å². The van der Waals surface area contributed by atoms with E-state index in [1.165, 1.54) is 5.56 Å². The molecule has 0 radical (unpaired) electrons. The quantitative estimate of drug-likeness (QED) is 0.329. The Bertz CT molecular complexity index is 651. The first kappa shape index (κ1) is 21.3. The number of fused-ring (bicyclic) bond motifs is 2. The van der Waals surface area contributed by atoms with Crippen LogP contribution >= 0.6 is 0 Å². The molecule has 1 aliphatic carbocycles. The average Bonchev–Trinajstić information content (AvgIpc) is 3.20. The number of aliphatic hydroxyl groups is 4. The van der Waals surface area contributed by atoms with Gasteiger partial charge < -0.3 is 36.0 Å². The summed E-state index contributed by atoms with van der Waals surface area (Å²) in [6.45, 7) is 2.95. The van der Waals surface area contributed by atoms with Crippen LogP contribution in [-0.2, 0) is 9.59 Å². The van der Waals surface area contributed by atoms with Gasteiger partial charge in [0.1, 0.15) is 0 Å². The third kappa shape index (κ3) is 4.12. The summed E-state index contributed by atoms with van der Waals surface area (Å²) in [6, 6.07) is 10.2. The van der Waals surface area contributed by atoms with Crippen molar-refractivity contribution in [2.24, 2.45) is 5.92 Å². The smallest absolute Gasteiger partial charge is 0.335 e. The Morgan fingerprint density at radius 2 is 1.59 bits per heavy atom. The van der Waals surface area contributed by atoms with Crippen LogP contribution in [0.25, 0.3) is 0 Å². The molecule has 0 aromatic heterocycles. The van der Waals surface area contributed by atoms with Gasteiger partial charge in [-0.3, -0.25) is 0 Å². The summed E-state index contributed by atoms with van der Waals surface area (Å²) in [4.78, 5) is 19.5. The van der Waals surface area contributed by atoms with Crippen molar-refractivity contribution in [2.75, 3.05) is 6.54 Å². The van der Waals surface area contributed by atoms with E-state index in [1.54, 1.807) is 0 Å². The highest BCUT2D eigenvalue weighted by atomic mass is 16.4. The molecule has 1 aliphatic heterocycles. The van der Waals surface area contributed by atoms with Crippen molar-refractivity contribution < 1.29 is 40.2 Å². The molecule has 0 spiro atoms. The molecule has 1 heterocycles. The number of benzene rings is 1. The summed E-state index contributed by atoms with van der Waals surface area (Å²) < 4.78 is 0. The molecule has 0 amide bonds. The Balaban J connectivity index is 0.000000227. The second-order valence-electron chi connectivity index (χ2n) is 7.02. The van der Waals surface area contributed by atoms with E-state index in [0.717, 1.165) is 13.0 Å². The maximum Gasteiger partial charge on any atom is 0.335 e. The summed E-state index contributed by atoms with van der Waals surface area (Å²) >= 11 is 0. The molecule has 1 saturated heterocycles. The molecular formula is C18H25NO8. The van der Waals surface area contributed by atoms with E-state index in [-0.39, 0.29) is 17.4 Å². The Morgan fingerprint density at radius 1 is 1.07 bits per heavy atom. The number of rotatable bonds is 5. The number of hydrogen-bond donors (Lipinski definition) is 7. The minimum atomic E-state index is -2.27. The first-order valence-electron chi connectivity index (χ1n) is 8.59. The maximum absolute atomic E-state index is 10.3. The first-order valence-corrected chi connectivity index (χ1v) is 8.59. The van der Waals surface area contributed by atoms with E-state index in [4.69, 9.17) is 20.4 Å². The molecule has 2 bridgehead atoms. The number of nitrogens with one attached hydrogen (secondary N) is 1. The highest BCUT2D eigenvalue weighted by Crippen LogP contribution is 2.48. The van der Waals surface area contributed by atoms with Crippen LogP contribution in [0.1, 0.15) is 24.8 Å². The van der Waals surface area contributed by atoms with Crippen LogP contribution in [0, 0.1) is 5.92 Å². The lowest BCUT2D eigenvalue weighted by molar-refractivity contribution is -0.165. The van der Waals surface area contributed by atoms with Gasteiger partial charge >= 0.3 is 11.9 Å². The second kappa shape index (κ2) is 8.32. The molecule has 7 N–H and O–H groups in total. The monoisotopic (exact) mass is 383 g/mol. The fourth-order valence-electron chi connectivity index (χ4n) is 3.82. The summed E-state index contributed by atoms with van der Waals surface area (Å²) in [5, 5.41) is 56.2. The Labute approximate surface area is 155 Å². The molecule has 1 aromatic rings. The number of aliphatic hydroxyl groups excluding tert-OH is 4. The number of hydrogen-bond acceptors (Lipinski definition) is 7. The zero-order chi connectivity index (χ0) is 20.4. The van der Waals surface area contributed by atoms with E-state index >= 15 is 0 Å². The molecule has 1 aromatic carbocycles. The molecular weight excluding hydrogens is 358 g/mol. The minimum Gasteiger partial charge on any atom is -0.479 e. The van der Waals surface area contributed by atoms with Crippen molar-refractivity contribution in [3.63, 3.8) is 0 Å². The SMILES string of the molecule is CC(c1ccccc1)C12CC(CN1)[C@@H](O)[C@H]2O.O=C(O)C(O)C(O)C(=O)O. The maximum atomic E-state index is 10.3. The summed E-state index contributed by atoms with van der Waals surface area (Å²) in [7, 11) is 0. The third-order valence-electron chi connectivity index (χ3n) is 5.50. The number of carboxylic acids is 2. The Kier molecular flexibility index (Phi) is 6.55. The van der Waals surface area contributed by atoms with Crippen LogP contribution in [0.5, 0.6) is 0 Å². The third-order valence-corrected chi connectivity index (χ3v) is 5.50. The van der Waals surface area contributed by atoms with Gasteiger partial charge in [-0.2, -0.15) is 0 Å². The highest BCUT2D eigenvalue weighted by Gasteiger charge is 2.59. The van der Waals surface area contributed by atoms with Gasteiger partial charge in [-0.1, -0.05) is 37.3 Å². The minimum absolute atomic E-state index is 0.205. The second-order valence-corrected chi connectivity index (χ2v) is 7.02. The van der Waals surface area contributed by atoms with Crippen LogP contribution in [0.15, 0.2) is 30.3 Å². The standard InChI is InChI=1S/C14H19NO2.C4H6O6/c1-9(10-5-3-2-4-6-10)14-7-11(8-15-14)12(16)13(14)17;5-1(3(7)8)2(6)4(9)10/h2-6,9,11-13,15-17H,7-8H2,1H3;1-2,5-6H,(H,7,8)(H,9,10)/t9?,11?,12-,13-,14?;/m1./s1. The number of aliphatic carboxylic acids is 2. The molecule has 9 heteroatoms. The zero-order valence-electron chi connectivity index (χ0n) is 14.8. The van der Waals surface area contributed by atoms with Crippen molar-refractivity contribution >= 4 is 11.9 Å². The van der Waals surface area contributed by atoms with Gasteiger partial charge in [0, 0.05) is 18.4 Å². The summed E-state index contributed by atoms with van der Waals surface area (Å²) in [5.74, 6) is -3.12. The van der Waals surface area contributed by atoms with Gasteiger partial charge in [-0.05, 0) is 12.0 Å². The van der Waals surface area contributed by atoms with Crippen LogP contribution in [0.3, 0.4) is 0 Å². The van der Waals surface area contributed by atoms with Gasteiger partial charge in [0.25, 0.3) is 0 Å². The first-order chi connectivity index (χ1) is 12.6. The van der Waals surface area contributed by atoms with Gasteiger partial charge in [-0.15, -0.1) is 0 Å². The van der Waals surface area contributed by atoms with Gasteiger partial charge in [0.15, 0.2) is 12.2 Å². The largest absolute Gasteiger partial charge is 0.479 e. The molecule has 3 rings (SSSR count). The molecule has 9 nitrogen and oxygen atoms in total. The molecule has 27 heavy (non-hydrogen) atoms. The summed E-state index contributed by atoms with van der Waals surface area (Å²) in [5.41, 5.74) is 0.875. The topological polar surface area (TPSA) is 168 Å². The summed E-state index contributed by atoms with van der Waals surface area (Å²) in [6.07, 6.45) is -4.89. The van der Waals surface area contributed by atoms with Gasteiger partial charge in [0.2, 0.25) is 0 Å². The van der Waals surface area contributed by atoms with Crippen molar-refractivity contribution in [3.8, 4) is 0 Å². The van der Waals surface area contributed by atoms with Crippen LogP contribution in [0.2, 0.25) is 0 Å². The number of piperidine rings is 1. The fraction of sp³-hybridized carbons (Fsp3) is 0.556. The van der Waals surface area contributed by atoms with E-state index in [1.807, 2.05) is 18.2 Å². The van der Waals surface area contributed by atoms with Gasteiger partial charge in [-0.25, -0.2) is 9.59 Å². The van der Waals surface area contributed by atoms with E-state index in [2.05, 4.69) is 24.4 Å². The van der Waals surface area contributed by atoms with Crippen molar-refractivity contribution in [3.05, 3.63) is 35.9 Å². The lowest BCUT2D eigenvalue weighted by Gasteiger charge is -2.40. The van der Waals surface area contributed by atoms with Crippen LogP contribution in [-0.4, -0.2) is 79.1 Å². The molecule has 2 aliphatic rings.